The second-order valence-electron chi connectivity index (χ2n) is 9.40. The molecule has 1 aromatic carbocycles. The lowest BCUT2D eigenvalue weighted by Crippen LogP contribution is -2.54. The maximum absolute atomic E-state index is 14.0. The molecule has 11 heteroatoms. The van der Waals surface area contributed by atoms with Crippen LogP contribution in [0.15, 0.2) is 24.3 Å². The molecule has 1 aromatic rings. The van der Waals surface area contributed by atoms with Crippen LogP contribution in [0.3, 0.4) is 0 Å². The Hall–Kier alpha value is -3.27. The molecule has 4 N–H and O–H groups in total. The number of Topliss-reactive ketones (excluding diaryl/α,β-unsaturated/α-hetero) is 1. The Balaban J connectivity index is 1.66. The molecule has 0 saturated heterocycles. The second kappa shape index (κ2) is 13.3. The molecular weight excluding hydrogens is 503 g/mol. The largest absolute Gasteiger partial charge is 0.356 e. The summed E-state index contributed by atoms with van der Waals surface area (Å²) >= 11 is 5.74. The van der Waals surface area contributed by atoms with Crippen LogP contribution < -0.4 is 21.3 Å². The number of hydrogen-bond acceptors (Lipinski definition) is 5. The lowest BCUT2D eigenvalue weighted by atomic mass is 10.0. The molecule has 0 radical (unpaired) electrons. The van der Waals surface area contributed by atoms with E-state index in [2.05, 4.69) is 21.3 Å². The van der Waals surface area contributed by atoms with Crippen molar-refractivity contribution in [2.24, 2.45) is 5.92 Å². The number of benzene rings is 1. The van der Waals surface area contributed by atoms with Crippen LogP contribution >= 0.6 is 11.6 Å². The van der Waals surface area contributed by atoms with Crippen molar-refractivity contribution in [2.45, 2.75) is 70.0 Å². The molecule has 0 heterocycles. The van der Waals surface area contributed by atoms with Gasteiger partial charge < -0.3 is 21.3 Å². The minimum atomic E-state index is -1.22. The first kappa shape index (κ1) is 28.3. The van der Waals surface area contributed by atoms with Crippen LogP contribution in [0.1, 0.15) is 57.4 Å². The quantitative estimate of drug-likeness (QED) is 0.214. The topological polar surface area (TPSA) is 133 Å². The molecule has 37 heavy (non-hydrogen) atoms. The third-order valence-electron chi connectivity index (χ3n) is 6.08. The van der Waals surface area contributed by atoms with Gasteiger partial charge in [0.25, 0.3) is 5.91 Å². The fraction of sp³-hybridized carbons (Fsp3) is 0.500. The van der Waals surface area contributed by atoms with E-state index < -0.39 is 41.4 Å². The van der Waals surface area contributed by atoms with Crippen LogP contribution in [0, 0.1) is 11.7 Å². The summed E-state index contributed by atoms with van der Waals surface area (Å²) in [7, 11) is 0. The summed E-state index contributed by atoms with van der Waals surface area (Å²) in [5, 5.41) is 10.6. The average Bonchev–Trinajstić information content (AvgIpc) is 3.77. The first-order chi connectivity index (χ1) is 17.7. The fourth-order valence-corrected chi connectivity index (χ4v) is 3.84. The van der Waals surface area contributed by atoms with E-state index in [-0.39, 0.29) is 41.3 Å². The van der Waals surface area contributed by atoms with E-state index >= 15 is 0 Å². The number of halogens is 2. The van der Waals surface area contributed by atoms with Gasteiger partial charge in [0, 0.05) is 35.7 Å². The molecular formula is C26H32ClFN4O5. The highest BCUT2D eigenvalue weighted by atomic mass is 35.5. The van der Waals surface area contributed by atoms with Gasteiger partial charge in [0.15, 0.2) is 0 Å². The molecule has 200 valence electrons. The average molecular weight is 535 g/mol. The molecule has 9 nitrogen and oxygen atoms in total. The van der Waals surface area contributed by atoms with Crippen molar-refractivity contribution in [3.63, 3.8) is 0 Å². The van der Waals surface area contributed by atoms with Gasteiger partial charge in [-0.05, 0) is 56.7 Å². The van der Waals surface area contributed by atoms with E-state index in [0.717, 1.165) is 37.8 Å². The molecule has 3 rings (SSSR count). The molecule has 2 atom stereocenters. The molecule has 0 aromatic heterocycles. The van der Waals surface area contributed by atoms with Gasteiger partial charge in [-0.2, -0.15) is 0 Å². The monoisotopic (exact) mass is 534 g/mol. The second-order valence-corrected chi connectivity index (χ2v) is 9.84. The smallest absolute Gasteiger partial charge is 0.289 e. The zero-order chi connectivity index (χ0) is 26.9. The summed E-state index contributed by atoms with van der Waals surface area (Å²) in [5.41, 5.74) is 0.153. The minimum Gasteiger partial charge on any atom is -0.356 e. The highest BCUT2D eigenvalue weighted by Crippen LogP contribution is 2.33. The molecule has 2 aliphatic carbocycles. The Labute approximate surface area is 220 Å². The molecule has 2 aliphatic rings. The molecule has 4 amide bonds. The van der Waals surface area contributed by atoms with Gasteiger partial charge in [-0.25, -0.2) is 4.39 Å². The summed E-state index contributed by atoms with van der Waals surface area (Å²) < 4.78 is 14.0. The number of carbonyl (C=O) groups excluding carboxylic acids is 5. The Kier molecular flexibility index (Phi) is 10.2. The molecule has 0 aliphatic heterocycles. The van der Waals surface area contributed by atoms with Crippen molar-refractivity contribution in [1.29, 1.82) is 0 Å². The van der Waals surface area contributed by atoms with E-state index in [1.165, 1.54) is 18.2 Å². The van der Waals surface area contributed by atoms with Crippen molar-refractivity contribution in [3.8, 4) is 0 Å². The third kappa shape index (κ3) is 9.60. The van der Waals surface area contributed by atoms with Crippen molar-refractivity contribution < 1.29 is 28.4 Å². The first-order valence-corrected chi connectivity index (χ1v) is 12.9. The fourth-order valence-electron chi connectivity index (χ4n) is 3.68. The summed E-state index contributed by atoms with van der Waals surface area (Å²) in [6, 6.07) is 1.81. The van der Waals surface area contributed by atoms with Gasteiger partial charge in [-0.3, -0.25) is 24.0 Å². The lowest BCUT2D eigenvalue weighted by Gasteiger charge is -2.22. The molecule has 0 bridgehead atoms. The van der Waals surface area contributed by atoms with E-state index in [1.807, 2.05) is 0 Å². The van der Waals surface area contributed by atoms with Gasteiger partial charge in [-0.15, -0.1) is 0 Å². The van der Waals surface area contributed by atoms with Gasteiger partial charge in [0.05, 0.1) is 6.04 Å². The van der Waals surface area contributed by atoms with Gasteiger partial charge in [-0.1, -0.05) is 30.5 Å². The van der Waals surface area contributed by atoms with Crippen LogP contribution in [0.5, 0.6) is 0 Å². The number of rotatable bonds is 14. The number of amides is 4. The van der Waals surface area contributed by atoms with Gasteiger partial charge >= 0.3 is 0 Å². The Bertz CT molecular complexity index is 1070. The first-order valence-electron chi connectivity index (χ1n) is 12.5. The SMILES string of the molecule is CCNC(=O)CCC(NC(=O)C(CC1CC1)NC(=O)/C=C/c1ccc(Cl)cc1F)C(=O)C(=O)NC1CC1. The Morgan fingerprint density at radius 3 is 2.43 bits per heavy atom. The summed E-state index contributed by atoms with van der Waals surface area (Å²) in [5.74, 6) is -3.54. The van der Waals surface area contributed by atoms with Crippen LogP contribution in [-0.2, 0) is 24.0 Å². The van der Waals surface area contributed by atoms with E-state index in [9.17, 15) is 28.4 Å². The maximum atomic E-state index is 14.0. The van der Waals surface area contributed by atoms with E-state index in [4.69, 9.17) is 11.6 Å². The highest BCUT2D eigenvalue weighted by molar-refractivity contribution is 6.38. The number of nitrogens with one attached hydrogen (secondary N) is 4. The summed E-state index contributed by atoms with van der Waals surface area (Å²) in [6.07, 6.45) is 6.02. The zero-order valence-corrected chi connectivity index (χ0v) is 21.4. The van der Waals surface area contributed by atoms with E-state index in [0.29, 0.717) is 13.0 Å². The summed E-state index contributed by atoms with van der Waals surface area (Å²) in [4.78, 5) is 62.8. The minimum absolute atomic E-state index is 0.0460. The molecule has 2 unspecified atom stereocenters. The third-order valence-corrected chi connectivity index (χ3v) is 6.31. The molecule has 2 fully saturated rings. The number of carbonyl (C=O) groups is 5. The van der Waals surface area contributed by atoms with Gasteiger partial charge in [0.1, 0.15) is 11.9 Å². The highest BCUT2D eigenvalue weighted by Gasteiger charge is 2.35. The predicted octanol–water partition coefficient (Wildman–Crippen LogP) is 2.03. The standard InChI is InChI=1S/C26H32ClFN4O5/c1-2-29-22(33)12-10-20(24(35)26(37)30-18-8-9-18)32-25(36)21(13-15-3-4-15)31-23(34)11-6-16-5-7-17(27)14-19(16)28/h5-7,11,14-15,18,20-21H,2-4,8-10,12-13H2,1H3,(H,29,33)(H,30,37)(H,31,34)(H,32,36)/b11-6+. The summed E-state index contributed by atoms with van der Waals surface area (Å²) in [6.45, 7) is 2.17. The van der Waals surface area contributed by atoms with Crippen molar-refractivity contribution in [2.75, 3.05) is 6.54 Å². The number of ketones is 1. The van der Waals surface area contributed by atoms with Crippen LogP contribution in [0.4, 0.5) is 4.39 Å². The molecule has 0 spiro atoms. The number of hydrogen-bond donors (Lipinski definition) is 4. The maximum Gasteiger partial charge on any atom is 0.289 e. The van der Waals surface area contributed by atoms with Gasteiger partial charge in [0.2, 0.25) is 23.5 Å². The zero-order valence-electron chi connectivity index (χ0n) is 20.7. The lowest BCUT2D eigenvalue weighted by molar-refractivity contribution is -0.140. The normalized spacial score (nSPS) is 16.5. The van der Waals surface area contributed by atoms with Crippen LogP contribution in [0.25, 0.3) is 6.08 Å². The van der Waals surface area contributed by atoms with Crippen molar-refractivity contribution >= 4 is 47.1 Å². The van der Waals surface area contributed by atoms with Crippen LogP contribution in [-0.4, -0.2) is 54.1 Å². The Morgan fingerprint density at radius 2 is 1.81 bits per heavy atom. The van der Waals surface area contributed by atoms with E-state index in [1.54, 1.807) is 6.92 Å². The predicted molar refractivity (Wildman–Crippen MR) is 136 cm³/mol. The van der Waals surface area contributed by atoms with Crippen LogP contribution in [0.2, 0.25) is 5.02 Å². The van der Waals surface area contributed by atoms with Crippen molar-refractivity contribution in [3.05, 3.63) is 40.7 Å². The Morgan fingerprint density at radius 1 is 1.08 bits per heavy atom. The van der Waals surface area contributed by atoms with Crippen molar-refractivity contribution in [1.82, 2.24) is 21.3 Å². The molecule has 2 saturated carbocycles.